The Morgan fingerprint density at radius 2 is 2.18 bits per heavy atom. The molecule has 0 radical (unpaired) electrons. The molecule has 0 unspecified atom stereocenters. The van der Waals surface area contributed by atoms with Gasteiger partial charge < -0.3 is 9.84 Å². The van der Waals surface area contributed by atoms with E-state index >= 15 is 0 Å². The van der Waals surface area contributed by atoms with Gasteiger partial charge in [0.1, 0.15) is 6.10 Å². The van der Waals surface area contributed by atoms with Gasteiger partial charge in [0.25, 0.3) is 0 Å². The standard InChI is InChI=1S/C17H25NO4/c1-5-6-12(19)10(2)14(20)18-15(21)22-13-9-11-7-8-17(13,18)16(11,3)4/h5-6,10-13,19H,7-9H2,1-4H3/b6-5+/t10-,11-,12-,13-,17-/m1/s1. The highest BCUT2D eigenvalue weighted by atomic mass is 16.6. The van der Waals surface area contributed by atoms with Crippen LogP contribution in [-0.4, -0.2) is 39.8 Å². The Labute approximate surface area is 131 Å². The number of rotatable bonds is 3. The van der Waals surface area contributed by atoms with Gasteiger partial charge in [-0.15, -0.1) is 0 Å². The molecule has 22 heavy (non-hydrogen) atoms. The van der Waals surface area contributed by atoms with E-state index < -0.39 is 23.7 Å². The van der Waals surface area contributed by atoms with Crippen LogP contribution in [0.2, 0.25) is 0 Å². The van der Waals surface area contributed by atoms with E-state index in [1.54, 1.807) is 26.0 Å². The quantitative estimate of drug-likeness (QED) is 0.813. The van der Waals surface area contributed by atoms with Crippen molar-refractivity contribution in [1.29, 1.82) is 0 Å². The van der Waals surface area contributed by atoms with Gasteiger partial charge in [-0.05, 0) is 37.5 Å². The van der Waals surface area contributed by atoms with Crippen LogP contribution >= 0.6 is 0 Å². The lowest BCUT2D eigenvalue weighted by atomic mass is 9.74. The normalized spacial score (nSPS) is 38.2. The van der Waals surface area contributed by atoms with E-state index in [4.69, 9.17) is 4.74 Å². The van der Waals surface area contributed by atoms with Crippen LogP contribution in [0.4, 0.5) is 4.79 Å². The molecule has 5 nitrogen and oxygen atoms in total. The van der Waals surface area contributed by atoms with E-state index in [9.17, 15) is 14.7 Å². The van der Waals surface area contributed by atoms with Crippen molar-refractivity contribution in [2.45, 2.75) is 64.7 Å². The van der Waals surface area contributed by atoms with Crippen molar-refractivity contribution in [2.75, 3.05) is 0 Å². The topological polar surface area (TPSA) is 66.8 Å². The molecule has 1 aliphatic heterocycles. The molecule has 3 aliphatic rings. The molecule has 1 N–H and O–H groups in total. The maximum absolute atomic E-state index is 12.9. The third-order valence-electron chi connectivity index (χ3n) is 6.38. The molecular formula is C17H25NO4. The number of fused-ring (bicyclic) bond motifs is 1. The van der Waals surface area contributed by atoms with Gasteiger partial charge >= 0.3 is 6.09 Å². The first-order valence-electron chi connectivity index (χ1n) is 8.13. The lowest BCUT2D eigenvalue weighted by molar-refractivity contribution is -0.140. The lowest BCUT2D eigenvalue weighted by Gasteiger charge is -2.42. The van der Waals surface area contributed by atoms with Crippen LogP contribution < -0.4 is 0 Å². The van der Waals surface area contributed by atoms with Crippen LogP contribution in [0.3, 0.4) is 0 Å². The summed E-state index contributed by atoms with van der Waals surface area (Å²) in [6.45, 7) is 7.74. The number of aliphatic hydroxyl groups excluding tert-OH is 1. The van der Waals surface area contributed by atoms with Crippen LogP contribution in [-0.2, 0) is 9.53 Å². The molecule has 5 heteroatoms. The van der Waals surface area contributed by atoms with Crippen molar-refractivity contribution < 1.29 is 19.4 Å². The molecule has 0 aromatic heterocycles. The number of hydrogen-bond acceptors (Lipinski definition) is 4. The van der Waals surface area contributed by atoms with Crippen LogP contribution in [0.1, 0.15) is 47.0 Å². The van der Waals surface area contributed by atoms with E-state index in [1.165, 1.54) is 4.90 Å². The van der Waals surface area contributed by atoms with Crippen molar-refractivity contribution in [1.82, 2.24) is 4.90 Å². The zero-order valence-corrected chi connectivity index (χ0v) is 13.7. The molecule has 2 aliphatic carbocycles. The summed E-state index contributed by atoms with van der Waals surface area (Å²) in [6, 6.07) is 0. The molecule has 2 amide bonds. The molecule has 1 heterocycles. The Morgan fingerprint density at radius 1 is 1.50 bits per heavy atom. The van der Waals surface area contributed by atoms with Gasteiger partial charge in [0.15, 0.2) is 0 Å². The summed E-state index contributed by atoms with van der Waals surface area (Å²) >= 11 is 0. The number of imide groups is 1. The number of aliphatic hydroxyl groups is 1. The molecule has 2 saturated carbocycles. The van der Waals surface area contributed by atoms with Crippen LogP contribution in [0.5, 0.6) is 0 Å². The Kier molecular flexibility index (Phi) is 3.40. The average Bonchev–Trinajstić information content (AvgIpc) is 2.97. The molecule has 1 saturated heterocycles. The van der Waals surface area contributed by atoms with Crippen molar-refractivity contribution in [3.8, 4) is 0 Å². The number of carbonyl (C=O) groups excluding carboxylic acids is 2. The minimum atomic E-state index is -0.887. The molecule has 0 aromatic carbocycles. The third-order valence-corrected chi connectivity index (χ3v) is 6.38. The number of amides is 2. The van der Waals surface area contributed by atoms with Gasteiger partial charge in [-0.1, -0.05) is 32.9 Å². The summed E-state index contributed by atoms with van der Waals surface area (Å²) < 4.78 is 5.54. The van der Waals surface area contributed by atoms with Crippen molar-refractivity contribution in [3.63, 3.8) is 0 Å². The highest BCUT2D eigenvalue weighted by Gasteiger charge is 2.74. The Bertz CT molecular complexity index is 541. The van der Waals surface area contributed by atoms with Crippen molar-refractivity contribution in [2.24, 2.45) is 17.3 Å². The molecule has 5 atom stereocenters. The van der Waals surface area contributed by atoms with E-state index in [-0.39, 0.29) is 17.4 Å². The molecule has 1 spiro atoms. The molecule has 0 aromatic rings. The number of carbonyl (C=O) groups is 2. The first-order valence-corrected chi connectivity index (χ1v) is 8.13. The van der Waals surface area contributed by atoms with E-state index in [2.05, 4.69) is 13.8 Å². The zero-order chi connectivity index (χ0) is 16.3. The highest BCUT2D eigenvalue weighted by Crippen LogP contribution is 2.66. The maximum atomic E-state index is 12.9. The Morgan fingerprint density at radius 3 is 2.77 bits per heavy atom. The predicted octanol–water partition coefficient (Wildman–Crippen LogP) is 2.49. The molecule has 3 rings (SSSR count). The number of hydrogen-bond donors (Lipinski definition) is 1. The molecule has 2 bridgehead atoms. The second-order valence-corrected chi connectivity index (χ2v) is 7.47. The fourth-order valence-electron chi connectivity index (χ4n) is 4.90. The summed E-state index contributed by atoms with van der Waals surface area (Å²) in [7, 11) is 0. The first-order chi connectivity index (χ1) is 10.3. The second-order valence-electron chi connectivity index (χ2n) is 7.47. The van der Waals surface area contributed by atoms with Crippen LogP contribution in [0.25, 0.3) is 0 Å². The fourth-order valence-corrected chi connectivity index (χ4v) is 4.90. The predicted molar refractivity (Wildman–Crippen MR) is 81.0 cm³/mol. The lowest BCUT2D eigenvalue weighted by Crippen LogP contribution is -2.59. The molecule has 122 valence electrons. The fraction of sp³-hybridized carbons (Fsp3) is 0.765. The second kappa shape index (κ2) is 4.82. The largest absolute Gasteiger partial charge is 0.443 e. The summed E-state index contributed by atoms with van der Waals surface area (Å²) in [6.07, 6.45) is 4.34. The van der Waals surface area contributed by atoms with Gasteiger partial charge in [0.2, 0.25) is 5.91 Å². The van der Waals surface area contributed by atoms with Gasteiger partial charge in [-0.3, -0.25) is 4.79 Å². The van der Waals surface area contributed by atoms with E-state index in [1.807, 2.05) is 0 Å². The van der Waals surface area contributed by atoms with Crippen molar-refractivity contribution in [3.05, 3.63) is 12.2 Å². The first kappa shape index (κ1) is 15.5. The summed E-state index contributed by atoms with van der Waals surface area (Å²) in [4.78, 5) is 26.6. The van der Waals surface area contributed by atoms with Gasteiger partial charge in [0, 0.05) is 0 Å². The smallest absolute Gasteiger partial charge is 0.417 e. The van der Waals surface area contributed by atoms with Crippen LogP contribution in [0, 0.1) is 17.3 Å². The number of allylic oxidation sites excluding steroid dienone is 1. The van der Waals surface area contributed by atoms with Crippen molar-refractivity contribution >= 4 is 12.0 Å². The number of nitrogens with zero attached hydrogens (tertiary/aromatic N) is 1. The Balaban J connectivity index is 1.96. The summed E-state index contributed by atoms with van der Waals surface area (Å²) in [5.74, 6) is -0.502. The maximum Gasteiger partial charge on any atom is 0.417 e. The minimum absolute atomic E-state index is 0.134. The highest BCUT2D eigenvalue weighted by molar-refractivity contribution is 5.96. The van der Waals surface area contributed by atoms with Gasteiger partial charge in [-0.25, -0.2) is 9.69 Å². The number of ether oxygens (including phenoxy) is 1. The van der Waals surface area contributed by atoms with E-state index in [0.29, 0.717) is 5.92 Å². The third kappa shape index (κ3) is 1.69. The van der Waals surface area contributed by atoms with Crippen LogP contribution in [0.15, 0.2) is 12.2 Å². The van der Waals surface area contributed by atoms with Gasteiger partial charge in [0.05, 0.1) is 17.6 Å². The summed E-state index contributed by atoms with van der Waals surface area (Å²) in [5.41, 5.74) is -0.666. The molecule has 3 fully saturated rings. The van der Waals surface area contributed by atoms with Gasteiger partial charge in [-0.2, -0.15) is 0 Å². The summed E-state index contributed by atoms with van der Waals surface area (Å²) in [5, 5.41) is 10.1. The Hall–Kier alpha value is -1.36. The molecular weight excluding hydrogens is 282 g/mol. The average molecular weight is 307 g/mol. The SMILES string of the molecule is C/C=C/[C@@H](O)[C@@H](C)C(=O)N1C(=O)O[C@@H]2C[C@H]3CC[C@]21C3(C)C. The monoisotopic (exact) mass is 307 g/mol. The zero-order valence-electron chi connectivity index (χ0n) is 13.7. The minimum Gasteiger partial charge on any atom is -0.443 e. The van der Waals surface area contributed by atoms with E-state index in [0.717, 1.165) is 19.3 Å².